The highest BCUT2D eigenvalue weighted by Gasteiger charge is 2.43. The van der Waals surface area contributed by atoms with Crippen molar-refractivity contribution in [2.24, 2.45) is 0 Å². The Kier molecular flexibility index (Phi) is 4.24. The molecular weight excluding hydrogens is 378 g/mol. The fourth-order valence-electron chi connectivity index (χ4n) is 5.37. The molecule has 4 aromatic carbocycles. The number of hydrogen-bond acceptors (Lipinski definition) is 1. The van der Waals surface area contributed by atoms with Crippen molar-refractivity contribution in [3.63, 3.8) is 0 Å². The molecule has 31 heavy (non-hydrogen) atoms. The van der Waals surface area contributed by atoms with Gasteiger partial charge in [-0.1, -0.05) is 91.0 Å². The molecule has 2 heterocycles. The summed E-state index contributed by atoms with van der Waals surface area (Å²) in [5.41, 5.74) is 6.00. The van der Waals surface area contributed by atoms with Crippen molar-refractivity contribution in [1.29, 1.82) is 0 Å². The minimum Gasteiger partial charge on any atom is -0.327 e. The highest BCUT2D eigenvalue weighted by molar-refractivity contribution is 5.96. The highest BCUT2D eigenvalue weighted by Crippen LogP contribution is 2.50. The van der Waals surface area contributed by atoms with Crippen LogP contribution in [0.2, 0.25) is 0 Å². The summed E-state index contributed by atoms with van der Waals surface area (Å²) < 4.78 is 0. The second kappa shape index (κ2) is 7.24. The number of rotatable bonds is 2. The lowest BCUT2D eigenvalue weighted by Crippen LogP contribution is -2.46. The molecule has 2 bridgehead atoms. The Morgan fingerprint density at radius 1 is 0.774 bits per heavy atom. The van der Waals surface area contributed by atoms with Crippen LogP contribution in [0.1, 0.15) is 45.4 Å². The second-order valence-electron chi connectivity index (χ2n) is 8.54. The van der Waals surface area contributed by atoms with Crippen LogP contribution in [-0.2, 0) is 0 Å². The van der Waals surface area contributed by atoms with E-state index in [0.717, 1.165) is 18.5 Å². The number of piperidine rings is 1. The van der Waals surface area contributed by atoms with E-state index in [4.69, 9.17) is 0 Å². The first-order valence-corrected chi connectivity index (χ1v) is 10.9. The molecule has 1 amide bonds. The SMILES string of the molecule is O=C(c1ccccc1)N1C[C@@H]2C/C(=C/c3cccc4ccccc34)[C@H]1c1ccccc12. The maximum Gasteiger partial charge on any atom is 0.254 e. The number of hydrogen-bond donors (Lipinski definition) is 0. The Bertz CT molecular complexity index is 1320. The van der Waals surface area contributed by atoms with Crippen LogP contribution in [0.4, 0.5) is 0 Å². The molecule has 0 saturated carbocycles. The first kappa shape index (κ1) is 18.1. The fraction of sp³-hybridized carbons (Fsp3) is 0.138. The van der Waals surface area contributed by atoms with Crippen molar-refractivity contribution in [3.05, 3.63) is 125 Å². The van der Waals surface area contributed by atoms with Gasteiger partial charge in [-0.05, 0) is 51.6 Å². The zero-order chi connectivity index (χ0) is 20.8. The van der Waals surface area contributed by atoms with E-state index < -0.39 is 0 Å². The Morgan fingerprint density at radius 2 is 1.48 bits per heavy atom. The summed E-state index contributed by atoms with van der Waals surface area (Å²) >= 11 is 0. The van der Waals surface area contributed by atoms with Crippen LogP contribution in [0.5, 0.6) is 0 Å². The molecule has 4 aromatic rings. The smallest absolute Gasteiger partial charge is 0.254 e. The van der Waals surface area contributed by atoms with E-state index in [1.807, 2.05) is 30.3 Å². The molecule has 0 N–H and O–H groups in total. The van der Waals surface area contributed by atoms with Gasteiger partial charge in [-0.3, -0.25) is 4.79 Å². The van der Waals surface area contributed by atoms with Gasteiger partial charge in [-0.25, -0.2) is 0 Å². The third-order valence-corrected chi connectivity index (χ3v) is 6.74. The van der Waals surface area contributed by atoms with Gasteiger partial charge in [0.05, 0.1) is 6.04 Å². The number of nitrogens with zero attached hydrogens (tertiary/aromatic N) is 1. The van der Waals surface area contributed by atoms with Crippen LogP contribution in [-0.4, -0.2) is 17.4 Å². The molecule has 3 aliphatic rings. The van der Waals surface area contributed by atoms with Crippen LogP contribution in [0.15, 0.2) is 103 Å². The van der Waals surface area contributed by atoms with E-state index in [2.05, 4.69) is 77.7 Å². The molecule has 2 atom stereocenters. The lowest BCUT2D eigenvalue weighted by atomic mass is 9.71. The van der Waals surface area contributed by atoms with E-state index in [1.54, 1.807) is 0 Å². The Morgan fingerprint density at radius 3 is 2.35 bits per heavy atom. The van der Waals surface area contributed by atoms with Crippen molar-refractivity contribution in [1.82, 2.24) is 4.90 Å². The third-order valence-electron chi connectivity index (χ3n) is 6.74. The average Bonchev–Trinajstić information content (AvgIpc) is 2.84. The Labute approximate surface area is 182 Å². The Balaban J connectivity index is 1.49. The minimum absolute atomic E-state index is 0.00660. The second-order valence-corrected chi connectivity index (χ2v) is 8.54. The van der Waals surface area contributed by atoms with Crippen molar-refractivity contribution in [2.45, 2.75) is 18.4 Å². The lowest BCUT2D eigenvalue weighted by Gasteiger charge is -2.48. The molecular formula is C29H23NO. The number of carbonyl (C=O) groups is 1. The van der Waals surface area contributed by atoms with E-state index in [-0.39, 0.29) is 11.9 Å². The van der Waals surface area contributed by atoms with E-state index in [9.17, 15) is 4.79 Å². The molecule has 0 unspecified atom stereocenters. The summed E-state index contributed by atoms with van der Waals surface area (Å²) in [5, 5.41) is 2.50. The van der Waals surface area contributed by atoms with Crippen molar-refractivity contribution < 1.29 is 4.79 Å². The van der Waals surface area contributed by atoms with Crippen LogP contribution in [0, 0.1) is 0 Å². The van der Waals surface area contributed by atoms with Crippen LogP contribution < -0.4 is 0 Å². The first-order valence-electron chi connectivity index (χ1n) is 10.9. The van der Waals surface area contributed by atoms with Gasteiger partial charge in [0.15, 0.2) is 0 Å². The van der Waals surface area contributed by atoms with E-state index in [0.29, 0.717) is 5.92 Å². The normalized spacial score (nSPS) is 20.8. The van der Waals surface area contributed by atoms with E-state index >= 15 is 0 Å². The summed E-state index contributed by atoms with van der Waals surface area (Å²) in [4.78, 5) is 15.6. The summed E-state index contributed by atoms with van der Waals surface area (Å²) in [5.74, 6) is 0.462. The molecule has 2 aliphatic heterocycles. The molecule has 0 aromatic heterocycles. The third kappa shape index (κ3) is 2.98. The standard InChI is InChI=1S/C29H23NO/c31-29(21-10-2-1-3-11-21)30-19-24-18-23(28(30)27-16-7-6-15-26(24)27)17-22-13-8-12-20-9-4-5-14-25(20)22/h1-17,24,28H,18-19H2/b23-17-/t24-,28-/m0/s1. The molecule has 0 radical (unpaired) electrons. The van der Waals surface area contributed by atoms with Gasteiger partial charge in [0.1, 0.15) is 0 Å². The molecule has 2 heteroatoms. The largest absolute Gasteiger partial charge is 0.327 e. The molecule has 1 saturated heterocycles. The summed E-state index contributed by atoms with van der Waals surface area (Å²) in [6.07, 6.45) is 3.34. The minimum atomic E-state index is -0.00660. The Hall–Kier alpha value is -3.65. The van der Waals surface area contributed by atoms with Gasteiger partial charge < -0.3 is 4.90 Å². The lowest BCUT2D eigenvalue weighted by molar-refractivity contribution is 0.0627. The number of fused-ring (bicyclic) bond motifs is 3. The predicted octanol–water partition coefficient (Wildman–Crippen LogP) is 6.61. The van der Waals surface area contributed by atoms with Crippen LogP contribution >= 0.6 is 0 Å². The van der Waals surface area contributed by atoms with Crippen LogP contribution in [0.3, 0.4) is 0 Å². The molecule has 1 aliphatic carbocycles. The van der Waals surface area contributed by atoms with Gasteiger partial charge in [-0.15, -0.1) is 0 Å². The molecule has 150 valence electrons. The summed E-state index contributed by atoms with van der Waals surface area (Å²) in [6, 6.07) is 33.3. The van der Waals surface area contributed by atoms with Crippen molar-refractivity contribution >= 4 is 22.8 Å². The predicted molar refractivity (Wildman–Crippen MR) is 126 cm³/mol. The highest BCUT2D eigenvalue weighted by atomic mass is 16.2. The average molecular weight is 402 g/mol. The monoisotopic (exact) mass is 401 g/mol. The molecule has 1 fully saturated rings. The van der Waals surface area contributed by atoms with Crippen LogP contribution in [0.25, 0.3) is 16.8 Å². The maximum absolute atomic E-state index is 13.5. The molecule has 0 spiro atoms. The van der Waals surface area contributed by atoms with Gasteiger partial charge >= 0.3 is 0 Å². The van der Waals surface area contributed by atoms with E-state index in [1.165, 1.54) is 33.0 Å². The van der Waals surface area contributed by atoms with Gasteiger partial charge in [-0.2, -0.15) is 0 Å². The fourth-order valence-corrected chi connectivity index (χ4v) is 5.37. The quantitative estimate of drug-likeness (QED) is 0.370. The molecule has 2 nitrogen and oxygen atoms in total. The summed E-state index contributed by atoms with van der Waals surface area (Å²) in [6.45, 7) is 0.780. The zero-order valence-corrected chi connectivity index (χ0v) is 17.2. The number of carbonyl (C=O) groups excluding carboxylic acids is 1. The molecule has 7 rings (SSSR count). The van der Waals surface area contributed by atoms with Crippen molar-refractivity contribution in [3.8, 4) is 0 Å². The summed E-state index contributed by atoms with van der Waals surface area (Å²) in [7, 11) is 0. The first-order chi connectivity index (χ1) is 15.3. The van der Waals surface area contributed by atoms with Gasteiger partial charge in [0.2, 0.25) is 0 Å². The van der Waals surface area contributed by atoms with Gasteiger partial charge in [0.25, 0.3) is 5.91 Å². The number of amides is 1. The van der Waals surface area contributed by atoms with Crippen molar-refractivity contribution in [2.75, 3.05) is 6.54 Å². The zero-order valence-electron chi connectivity index (χ0n) is 17.2. The van der Waals surface area contributed by atoms with Gasteiger partial charge in [0, 0.05) is 18.0 Å². The maximum atomic E-state index is 13.5. The topological polar surface area (TPSA) is 20.3 Å². The number of benzene rings is 4.